The van der Waals surface area contributed by atoms with Gasteiger partial charge in [0.05, 0.1) is 24.7 Å². The average molecular weight is 415 g/mol. The minimum atomic E-state index is -1.03. The lowest BCUT2D eigenvalue weighted by Gasteiger charge is -2.41. The molecule has 1 aliphatic heterocycles. The van der Waals surface area contributed by atoms with Gasteiger partial charge in [0.15, 0.2) is 0 Å². The van der Waals surface area contributed by atoms with Gasteiger partial charge in [-0.1, -0.05) is 6.42 Å². The van der Waals surface area contributed by atoms with Crippen LogP contribution in [0.25, 0.3) is 11.0 Å². The van der Waals surface area contributed by atoms with Gasteiger partial charge in [-0.2, -0.15) is 0 Å². The molecule has 1 fully saturated rings. The Balaban J connectivity index is 1.61. The van der Waals surface area contributed by atoms with Crippen LogP contribution in [0.3, 0.4) is 0 Å². The number of amides is 1. The Kier molecular flexibility index (Phi) is 5.84. The first kappa shape index (κ1) is 20.9. The van der Waals surface area contributed by atoms with Gasteiger partial charge in [0.1, 0.15) is 16.9 Å². The second-order valence-electron chi connectivity index (χ2n) is 8.61. The molecule has 30 heavy (non-hydrogen) atoms. The van der Waals surface area contributed by atoms with E-state index in [9.17, 15) is 14.7 Å². The second-order valence-corrected chi connectivity index (χ2v) is 8.61. The standard InChI is InChI=1S/C23H29NO6/c1-14-17-9-15-5-8-23(6-3-2-4-7-23)30-19(15)11-20(17)29-22(28)18(14)10-21(27)24-12-16(26)13-25/h9,11,16,25-26H,2-8,10,12-13H2,1H3,(H,24,27)/t16-/m1/s1. The van der Waals surface area contributed by atoms with Crippen molar-refractivity contribution in [1.29, 1.82) is 0 Å². The average Bonchev–Trinajstić information content (AvgIpc) is 2.74. The third-order valence-corrected chi connectivity index (χ3v) is 6.49. The highest BCUT2D eigenvalue weighted by Gasteiger charge is 2.37. The molecular weight excluding hydrogens is 386 g/mol. The van der Waals surface area contributed by atoms with E-state index in [1.807, 2.05) is 19.1 Å². The van der Waals surface area contributed by atoms with Crippen LogP contribution in [-0.2, 0) is 17.6 Å². The van der Waals surface area contributed by atoms with Crippen molar-refractivity contribution in [2.24, 2.45) is 0 Å². The second kappa shape index (κ2) is 8.40. The molecule has 2 aromatic rings. The Morgan fingerprint density at radius 1 is 1.23 bits per heavy atom. The van der Waals surface area contributed by atoms with Gasteiger partial charge in [-0.3, -0.25) is 4.79 Å². The van der Waals surface area contributed by atoms with Crippen LogP contribution < -0.4 is 15.7 Å². The molecular formula is C23H29NO6. The highest BCUT2D eigenvalue weighted by molar-refractivity contribution is 5.86. The number of aryl methyl sites for hydroxylation is 2. The molecule has 7 heteroatoms. The van der Waals surface area contributed by atoms with E-state index in [0.29, 0.717) is 11.1 Å². The maximum Gasteiger partial charge on any atom is 0.340 e. The summed E-state index contributed by atoms with van der Waals surface area (Å²) in [5, 5.41) is 21.5. The van der Waals surface area contributed by atoms with Gasteiger partial charge >= 0.3 is 5.63 Å². The van der Waals surface area contributed by atoms with E-state index >= 15 is 0 Å². The smallest absolute Gasteiger partial charge is 0.340 e. The summed E-state index contributed by atoms with van der Waals surface area (Å²) in [7, 11) is 0. The fourth-order valence-electron chi connectivity index (χ4n) is 4.67. The summed E-state index contributed by atoms with van der Waals surface area (Å²) in [5.41, 5.74) is 1.99. The zero-order chi connectivity index (χ0) is 21.3. The molecule has 0 radical (unpaired) electrons. The normalized spacial score (nSPS) is 18.6. The van der Waals surface area contributed by atoms with Crippen molar-refractivity contribution in [2.45, 2.75) is 70.0 Å². The van der Waals surface area contributed by atoms with Gasteiger partial charge in [0, 0.05) is 18.0 Å². The fourth-order valence-corrected chi connectivity index (χ4v) is 4.67. The van der Waals surface area contributed by atoms with Gasteiger partial charge in [-0.15, -0.1) is 0 Å². The minimum absolute atomic E-state index is 0.0696. The molecule has 3 N–H and O–H groups in total. The molecule has 1 amide bonds. The largest absolute Gasteiger partial charge is 0.487 e. The predicted octanol–water partition coefficient (Wildman–Crippen LogP) is 2.14. The number of fused-ring (bicyclic) bond motifs is 2. The maximum absolute atomic E-state index is 12.6. The van der Waals surface area contributed by atoms with E-state index in [1.54, 1.807) is 0 Å². The van der Waals surface area contributed by atoms with Crippen LogP contribution >= 0.6 is 0 Å². The van der Waals surface area contributed by atoms with Crippen LogP contribution in [-0.4, -0.2) is 41.0 Å². The van der Waals surface area contributed by atoms with Crippen molar-refractivity contribution in [3.8, 4) is 5.75 Å². The number of hydrogen-bond acceptors (Lipinski definition) is 6. The Hall–Kier alpha value is -2.38. The van der Waals surface area contributed by atoms with Gasteiger partial charge in [-0.25, -0.2) is 4.79 Å². The van der Waals surface area contributed by atoms with Gasteiger partial charge in [0.25, 0.3) is 0 Å². The maximum atomic E-state index is 12.6. The number of carbonyl (C=O) groups excluding carboxylic acids is 1. The number of ether oxygens (including phenoxy) is 1. The molecule has 0 unspecified atom stereocenters. The lowest BCUT2D eigenvalue weighted by molar-refractivity contribution is -0.121. The molecule has 7 nitrogen and oxygen atoms in total. The highest BCUT2D eigenvalue weighted by atomic mass is 16.5. The molecule has 2 aliphatic rings. The van der Waals surface area contributed by atoms with E-state index < -0.39 is 24.2 Å². The molecule has 0 saturated heterocycles. The summed E-state index contributed by atoms with van der Waals surface area (Å²) in [6.07, 6.45) is 6.57. The van der Waals surface area contributed by atoms with Crippen molar-refractivity contribution in [3.05, 3.63) is 39.2 Å². The lowest BCUT2D eigenvalue weighted by atomic mass is 9.79. The molecule has 1 aliphatic carbocycles. The van der Waals surface area contributed by atoms with Crippen LogP contribution in [0, 0.1) is 6.92 Å². The van der Waals surface area contributed by atoms with Gasteiger partial charge in [0.2, 0.25) is 5.91 Å². The highest BCUT2D eigenvalue weighted by Crippen LogP contribution is 2.43. The lowest BCUT2D eigenvalue weighted by Crippen LogP contribution is -2.41. The van der Waals surface area contributed by atoms with Crippen molar-refractivity contribution in [1.82, 2.24) is 5.32 Å². The molecule has 1 aromatic carbocycles. The summed E-state index contributed by atoms with van der Waals surface area (Å²) in [4.78, 5) is 24.7. The summed E-state index contributed by atoms with van der Waals surface area (Å²) >= 11 is 0. The molecule has 1 aromatic heterocycles. The van der Waals surface area contributed by atoms with Crippen molar-refractivity contribution in [2.75, 3.05) is 13.2 Å². The van der Waals surface area contributed by atoms with Crippen LogP contribution in [0.1, 0.15) is 55.2 Å². The topological polar surface area (TPSA) is 109 Å². The molecule has 0 bridgehead atoms. The van der Waals surface area contributed by atoms with Crippen LogP contribution in [0.2, 0.25) is 0 Å². The number of carbonyl (C=O) groups is 1. The summed E-state index contributed by atoms with van der Waals surface area (Å²) in [6.45, 7) is 1.31. The Bertz CT molecular complexity index is 1000. The monoisotopic (exact) mass is 415 g/mol. The van der Waals surface area contributed by atoms with Gasteiger partial charge in [-0.05, 0) is 62.6 Å². The quantitative estimate of drug-likeness (QED) is 0.646. The van der Waals surface area contributed by atoms with E-state index in [2.05, 4.69) is 5.32 Å². The molecule has 2 heterocycles. The number of aliphatic hydroxyl groups excluding tert-OH is 2. The van der Waals surface area contributed by atoms with Gasteiger partial charge < -0.3 is 24.7 Å². The van der Waals surface area contributed by atoms with E-state index in [0.717, 1.165) is 47.9 Å². The Morgan fingerprint density at radius 2 is 2.00 bits per heavy atom. The summed E-state index contributed by atoms with van der Waals surface area (Å²) in [5.74, 6) is 0.402. The molecule has 1 spiro atoms. The fraction of sp³-hybridized carbons (Fsp3) is 0.565. The molecule has 1 atom stereocenters. The number of hydrogen-bond donors (Lipinski definition) is 3. The van der Waals surface area contributed by atoms with E-state index in [4.69, 9.17) is 14.3 Å². The first-order chi connectivity index (χ1) is 14.4. The molecule has 162 valence electrons. The zero-order valence-electron chi connectivity index (χ0n) is 17.3. The van der Waals surface area contributed by atoms with Crippen LogP contribution in [0.5, 0.6) is 5.75 Å². The number of rotatable bonds is 5. The number of nitrogens with one attached hydrogen (secondary N) is 1. The molecule has 4 rings (SSSR count). The summed E-state index contributed by atoms with van der Waals surface area (Å²) in [6, 6.07) is 3.85. The minimum Gasteiger partial charge on any atom is -0.487 e. The first-order valence-corrected chi connectivity index (χ1v) is 10.7. The Labute approximate surface area is 175 Å². The zero-order valence-corrected chi connectivity index (χ0v) is 17.3. The van der Waals surface area contributed by atoms with Crippen molar-refractivity contribution in [3.63, 3.8) is 0 Å². The number of benzene rings is 1. The SMILES string of the molecule is Cc1c(CC(=O)NC[C@@H](O)CO)c(=O)oc2cc3c(cc12)CCC1(CCCCC1)O3. The van der Waals surface area contributed by atoms with Crippen LogP contribution in [0.4, 0.5) is 0 Å². The van der Waals surface area contributed by atoms with E-state index in [1.165, 1.54) is 19.3 Å². The third kappa shape index (κ3) is 4.09. The first-order valence-electron chi connectivity index (χ1n) is 10.7. The van der Waals surface area contributed by atoms with Crippen molar-refractivity contribution < 1.29 is 24.2 Å². The van der Waals surface area contributed by atoms with E-state index in [-0.39, 0.29) is 18.6 Å². The predicted molar refractivity (Wildman–Crippen MR) is 112 cm³/mol. The Morgan fingerprint density at radius 3 is 2.73 bits per heavy atom. The van der Waals surface area contributed by atoms with Crippen LogP contribution in [0.15, 0.2) is 21.3 Å². The number of aliphatic hydroxyl groups is 2. The molecule has 1 saturated carbocycles. The summed E-state index contributed by atoms with van der Waals surface area (Å²) < 4.78 is 12.0. The third-order valence-electron chi connectivity index (χ3n) is 6.49. The van der Waals surface area contributed by atoms with Crippen molar-refractivity contribution >= 4 is 16.9 Å².